The third-order valence-electron chi connectivity index (χ3n) is 6.44. The van der Waals surface area contributed by atoms with Crippen molar-refractivity contribution in [3.8, 4) is 0 Å². The molecule has 0 unspecified atom stereocenters. The first kappa shape index (κ1) is 27.4. The fourth-order valence-corrected chi connectivity index (χ4v) is 6.23. The normalized spacial score (nSPS) is 19.6. The lowest BCUT2D eigenvalue weighted by atomic mass is 9.94. The van der Waals surface area contributed by atoms with Gasteiger partial charge in [-0.3, -0.25) is 9.80 Å². The molecule has 0 spiro atoms. The summed E-state index contributed by atoms with van der Waals surface area (Å²) in [6, 6.07) is 11.9. The number of benzene rings is 2. The van der Waals surface area contributed by atoms with Crippen LogP contribution in [0.2, 0.25) is 10.0 Å². The van der Waals surface area contributed by atoms with Gasteiger partial charge in [-0.2, -0.15) is 4.31 Å². The molecule has 4 rings (SSSR count). The van der Waals surface area contributed by atoms with Crippen molar-refractivity contribution in [1.82, 2.24) is 19.4 Å². The molecule has 0 aliphatic carbocycles. The average Bonchev–Trinajstić information content (AvgIpc) is 2.87. The minimum Gasteiger partial charge on any atom is -0.463 e. The Bertz CT molecular complexity index is 1310. The number of esters is 1. The Hall–Kier alpha value is -2.63. The molecule has 0 bridgehead atoms. The molecule has 1 atom stereocenters. The summed E-state index contributed by atoms with van der Waals surface area (Å²) in [7, 11) is -2.07. The number of urea groups is 1. The summed E-state index contributed by atoms with van der Waals surface area (Å²) in [6.07, 6.45) is 0. The zero-order valence-corrected chi connectivity index (χ0v) is 22.8. The van der Waals surface area contributed by atoms with Crippen molar-refractivity contribution >= 4 is 45.2 Å². The van der Waals surface area contributed by atoms with Crippen LogP contribution >= 0.6 is 23.2 Å². The summed E-state index contributed by atoms with van der Waals surface area (Å²) >= 11 is 12.3. The quantitative estimate of drug-likeness (QED) is 0.515. The maximum absolute atomic E-state index is 13.1. The van der Waals surface area contributed by atoms with Crippen LogP contribution in [-0.2, 0) is 19.6 Å². The van der Waals surface area contributed by atoms with Crippen molar-refractivity contribution in [1.29, 1.82) is 0 Å². The number of nitrogens with one attached hydrogen (secondary N) is 1. The van der Waals surface area contributed by atoms with Crippen LogP contribution in [0.4, 0.5) is 4.79 Å². The molecule has 1 saturated heterocycles. The first-order valence-electron chi connectivity index (χ1n) is 11.8. The molecule has 1 N–H and O–H groups in total. The van der Waals surface area contributed by atoms with Crippen molar-refractivity contribution in [2.45, 2.75) is 17.9 Å². The van der Waals surface area contributed by atoms with Gasteiger partial charge < -0.3 is 10.1 Å². The third-order valence-corrected chi connectivity index (χ3v) is 8.95. The number of carbonyl (C=O) groups excluding carboxylic acids is 2. The van der Waals surface area contributed by atoms with Gasteiger partial charge in [0.25, 0.3) is 0 Å². The van der Waals surface area contributed by atoms with Crippen molar-refractivity contribution in [3.05, 3.63) is 75.4 Å². The average molecular weight is 567 g/mol. The van der Waals surface area contributed by atoms with Crippen LogP contribution in [-0.4, -0.2) is 80.9 Å². The molecular formula is C25H28Cl2N4O5S. The molecule has 2 aromatic carbocycles. The second-order valence-corrected chi connectivity index (χ2v) is 11.5. The van der Waals surface area contributed by atoms with E-state index >= 15 is 0 Å². The van der Waals surface area contributed by atoms with E-state index in [4.69, 9.17) is 27.9 Å². The lowest BCUT2D eigenvalue weighted by Crippen LogP contribution is -2.53. The van der Waals surface area contributed by atoms with E-state index in [0.717, 1.165) is 0 Å². The van der Waals surface area contributed by atoms with Gasteiger partial charge in [-0.1, -0.05) is 41.4 Å². The molecule has 0 aromatic heterocycles. The third kappa shape index (κ3) is 5.78. The second-order valence-electron chi connectivity index (χ2n) is 8.68. The summed E-state index contributed by atoms with van der Waals surface area (Å²) in [6.45, 7) is 3.50. The highest BCUT2D eigenvalue weighted by atomic mass is 35.5. The predicted molar refractivity (Wildman–Crippen MR) is 141 cm³/mol. The van der Waals surface area contributed by atoms with E-state index < -0.39 is 22.0 Å². The van der Waals surface area contributed by atoms with E-state index in [-0.39, 0.29) is 37.2 Å². The minimum absolute atomic E-state index is 0.170. The van der Waals surface area contributed by atoms with Crippen molar-refractivity contribution in [2.75, 3.05) is 46.4 Å². The van der Waals surface area contributed by atoms with E-state index in [0.29, 0.717) is 40.0 Å². The molecule has 12 heteroatoms. The maximum atomic E-state index is 13.1. The minimum atomic E-state index is -3.66. The number of halogens is 2. The number of nitrogens with zero attached hydrogens (tertiary/aromatic N) is 3. The van der Waals surface area contributed by atoms with Crippen molar-refractivity contribution < 1.29 is 22.7 Å². The van der Waals surface area contributed by atoms with E-state index in [1.54, 1.807) is 50.4 Å². The lowest BCUT2D eigenvalue weighted by molar-refractivity contribution is -0.139. The summed E-state index contributed by atoms with van der Waals surface area (Å²) < 4.78 is 32.9. The number of sulfonamides is 1. The summed E-state index contributed by atoms with van der Waals surface area (Å²) in [5.41, 5.74) is 1.37. The first-order valence-corrected chi connectivity index (χ1v) is 14.0. The van der Waals surface area contributed by atoms with Crippen LogP contribution in [0.5, 0.6) is 0 Å². The molecular weight excluding hydrogens is 539 g/mol. The highest BCUT2D eigenvalue weighted by molar-refractivity contribution is 7.89. The molecule has 2 aliphatic heterocycles. The van der Waals surface area contributed by atoms with Crippen LogP contribution in [0.3, 0.4) is 0 Å². The number of piperazine rings is 1. The Kier molecular flexibility index (Phi) is 8.45. The molecule has 1 fully saturated rings. The first-order chi connectivity index (χ1) is 17.6. The zero-order chi connectivity index (χ0) is 26.7. The van der Waals surface area contributed by atoms with Gasteiger partial charge in [0.05, 0.1) is 23.1 Å². The standard InChI is InChI=1S/C25H28Cl2N4O5S/c1-3-36-24(32)22-21(29(2)25(33)28-23(22)19-6-4-5-7-20(19)27)16-30-12-14-31(15-13-30)37(34,35)18-10-8-17(26)9-11-18/h4-11,23H,3,12-16H2,1-2H3,(H,28,33)/t23-/m0/s1. The lowest BCUT2D eigenvalue weighted by Gasteiger charge is -2.39. The molecule has 0 radical (unpaired) electrons. The van der Waals surface area contributed by atoms with Crippen LogP contribution in [0.1, 0.15) is 18.5 Å². The summed E-state index contributed by atoms with van der Waals surface area (Å²) in [5.74, 6) is -0.543. The van der Waals surface area contributed by atoms with Crippen LogP contribution < -0.4 is 5.32 Å². The Morgan fingerprint density at radius 1 is 1.05 bits per heavy atom. The maximum Gasteiger partial charge on any atom is 0.338 e. The number of carbonyl (C=O) groups is 2. The molecule has 2 aliphatic rings. The Labute approximate surface area is 226 Å². The zero-order valence-electron chi connectivity index (χ0n) is 20.5. The fraction of sp³-hybridized carbons (Fsp3) is 0.360. The topological polar surface area (TPSA) is 99.3 Å². The van der Waals surface area contributed by atoms with E-state index in [9.17, 15) is 18.0 Å². The number of amides is 2. The molecule has 37 heavy (non-hydrogen) atoms. The van der Waals surface area contributed by atoms with Gasteiger partial charge in [0.15, 0.2) is 0 Å². The Balaban J connectivity index is 1.59. The molecule has 2 aromatic rings. The highest BCUT2D eigenvalue weighted by Crippen LogP contribution is 2.35. The number of hydrogen-bond acceptors (Lipinski definition) is 6. The highest BCUT2D eigenvalue weighted by Gasteiger charge is 2.39. The SMILES string of the molecule is CCOC(=O)C1=C(CN2CCN(S(=O)(=O)c3ccc(Cl)cc3)CC2)N(C)C(=O)N[C@H]1c1ccccc1Cl. The number of hydrogen-bond donors (Lipinski definition) is 1. The van der Waals surface area contributed by atoms with Crippen LogP contribution in [0.15, 0.2) is 64.7 Å². The Morgan fingerprint density at radius 3 is 2.32 bits per heavy atom. The van der Waals surface area contributed by atoms with Gasteiger partial charge in [-0.15, -0.1) is 0 Å². The van der Waals surface area contributed by atoms with E-state index in [1.807, 2.05) is 4.90 Å². The number of rotatable bonds is 7. The second kappa shape index (κ2) is 11.4. The summed E-state index contributed by atoms with van der Waals surface area (Å²) in [4.78, 5) is 29.6. The van der Waals surface area contributed by atoms with Gasteiger partial charge in [0.2, 0.25) is 10.0 Å². The van der Waals surface area contributed by atoms with Gasteiger partial charge in [-0.05, 0) is 42.8 Å². The van der Waals surface area contributed by atoms with Crippen LogP contribution in [0.25, 0.3) is 0 Å². The molecule has 198 valence electrons. The molecule has 9 nitrogen and oxygen atoms in total. The van der Waals surface area contributed by atoms with Crippen molar-refractivity contribution in [2.24, 2.45) is 0 Å². The monoisotopic (exact) mass is 566 g/mol. The fourth-order valence-electron chi connectivity index (χ4n) is 4.44. The smallest absolute Gasteiger partial charge is 0.338 e. The summed E-state index contributed by atoms with van der Waals surface area (Å²) in [5, 5.41) is 3.74. The predicted octanol–water partition coefficient (Wildman–Crippen LogP) is 3.51. The van der Waals surface area contributed by atoms with Gasteiger partial charge in [0, 0.05) is 55.5 Å². The number of likely N-dealkylation sites (N-methyl/N-ethyl adjacent to an activating group) is 1. The van der Waals surface area contributed by atoms with Crippen LogP contribution in [0, 0.1) is 0 Å². The van der Waals surface area contributed by atoms with Gasteiger partial charge in [0.1, 0.15) is 0 Å². The van der Waals surface area contributed by atoms with Gasteiger partial charge >= 0.3 is 12.0 Å². The number of ether oxygens (including phenoxy) is 1. The van der Waals surface area contributed by atoms with Crippen molar-refractivity contribution in [3.63, 3.8) is 0 Å². The van der Waals surface area contributed by atoms with E-state index in [1.165, 1.54) is 21.3 Å². The van der Waals surface area contributed by atoms with Gasteiger partial charge in [-0.25, -0.2) is 18.0 Å². The molecule has 0 saturated carbocycles. The molecule has 2 amide bonds. The largest absolute Gasteiger partial charge is 0.463 e. The van der Waals surface area contributed by atoms with E-state index in [2.05, 4.69) is 5.32 Å². The molecule has 2 heterocycles. The Morgan fingerprint density at radius 2 is 1.70 bits per heavy atom.